The first kappa shape index (κ1) is 14.5. The maximum Gasteiger partial charge on any atom is 0.251 e. The lowest BCUT2D eigenvalue weighted by Crippen LogP contribution is -2.22. The molecule has 0 unspecified atom stereocenters. The number of carbonyl (C=O) groups is 1. The number of aromatic nitrogens is 1. The molecule has 0 aliphatic heterocycles. The molecule has 0 spiro atoms. The Morgan fingerprint density at radius 3 is 2.73 bits per heavy atom. The molecular weight excluding hydrogens is 292 g/mol. The lowest BCUT2D eigenvalue weighted by Gasteiger charge is -2.06. The molecule has 0 radical (unpaired) electrons. The van der Waals surface area contributed by atoms with Crippen molar-refractivity contribution in [3.8, 4) is 10.6 Å². The summed E-state index contributed by atoms with van der Waals surface area (Å²) >= 11 is 1.61. The van der Waals surface area contributed by atoms with Crippen LogP contribution in [0.15, 0.2) is 60.1 Å². The van der Waals surface area contributed by atoms with Crippen LogP contribution in [0.25, 0.3) is 10.6 Å². The van der Waals surface area contributed by atoms with Gasteiger partial charge in [0.25, 0.3) is 5.91 Å². The van der Waals surface area contributed by atoms with Crippen molar-refractivity contribution in [1.82, 2.24) is 10.3 Å². The second-order valence-electron chi connectivity index (χ2n) is 5.08. The number of hydrogen-bond donors (Lipinski definition) is 1. The largest absolute Gasteiger partial charge is 0.348 e. The normalized spacial score (nSPS) is 10.4. The molecule has 22 heavy (non-hydrogen) atoms. The summed E-state index contributed by atoms with van der Waals surface area (Å²) in [6, 6.07) is 15.7. The molecule has 0 saturated heterocycles. The number of amides is 1. The van der Waals surface area contributed by atoms with Crippen molar-refractivity contribution < 1.29 is 4.79 Å². The number of nitrogens with zero attached hydrogens (tertiary/aromatic N) is 1. The van der Waals surface area contributed by atoms with Crippen LogP contribution >= 0.6 is 11.3 Å². The Labute approximate surface area is 133 Å². The van der Waals surface area contributed by atoms with Crippen LogP contribution in [0.1, 0.15) is 21.5 Å². The molecule has 1 amide bonds. The Bertz CT molecular complexity index is 764. The van der Waals surface area contributed by atoms with E-state index >= 15 is 0 Å². The minimum absolute atomic E-state index is 0.0826. The predicted molar refractivity (Wildman–Crippen MR) is 89.9 cm³/mol. The first-order chi connectivity index (χ1) is 10.7. The number of hydrogen-bond acceptors (Lipinski definition) is 3. The van der Waals surface area contributed by atoms with Crippen molar-refractivity contribution in [3.63, 3.8) is 0 Å². The number of thiophene rings is 1. The Balaban J connectivity index is 1.70. The van der Waals surface area contributed by atoms with Crippen molar-refractivity contribution in [3.05, 3.63) is 76.8 Å². The van der Waals surface area contributed by atoms with E-state index in [1.165, 1.54) is 5.56 Å². The summed E-state index contributed by atoms with van der Waals surface area (Å²) in [5, 5.41) is 4.95. The molecule has 0 saturated carbocycles. The molecule has 0 aliphatic rings. The first-order valence-corrected chi connectivity index (χ1v) is 7.94. The summed E-state index contributed by atoms with van der Waals surface area (Å²) in [5.74, 6) is -0.0826. The summed E-state index contributed by atoms with van der Waals surface area (Å²) in [6.07, 6.45) is 1.68. The lowest BCUT2D eigenvalue weighted by atomic mass is 10.1. The van der Waals surface area contributed by atoms with Gasteiger partial charge in [0.2, 0.25) is 0 Å². The van der Waals surface area contributed by atoms with Gasteiger partial charge in [-0.1, -0.05) is 35.9 Å². The minimum atomic E-state index is -0.0826. The molecule has 110 valence electrons. The number of aryl methyl sites for hydroxylation is 1. The highest BCUT2D eigenvalue weighted by Gasteiger charge is 2.08. The number of benzene rings is 1. The molecule has 0 atom stereocenters. The zero-order chi connectivity index (χ0) is 15.4. The SMILES string of the molecule is Cc1ccc(CNC(=O)c2ccnc(-c3cccs3)c2)cc1. The van der Waals surface area contributed by atoms with E-state index in [0.29, 0.717) is 12.1 Å². The molecule has 2 aromatic heterocycles. The van der Waals surface area contributed by atoms with Gasteiger partial charge in [-0.3, -0.25) is 9.78 Å². The Morgan fingerprint density at radius 2 is 2.00 bits per heavy atom. The summed E-state index contributed by atoms with van der Waals surface area (Å²) in [4.78, 5) is 17.7. The van der Waals surface area contributed by atoms with Crippen molar-refractivity contribution in [1.29, 1.82) is 0 Å². The minimum Gasteiger partial charge on any atom is -0.348 e. The zero-order valence-corrected chi connectivity index (χ0v) is 13.1. The van der Waals surface area contributed by atoms with Crippen LogP contribution < -0.4 is 5.32 Å². The van der Waals surface area contributed by atoms with Gasteiger partial charge in [-0.15, -0.1) is 11.3 Å². The number of rotatable bonds is 4. The fourth-order valence-electron chi connectivity index (χ4n) is 2.12. The van der Waals surface area contributed by atoms with Crippen LogP contribution in [0.4, 0.5) is 0 Å². The molecule has 3 rings (SSSR count). The third kappa shape index (κ3) is 3.40. The third-order valence-corrected chi connectivity index (χ3v) is 4.26. The van der Waals surface area contributed by atoms with Crippen LogP contribution in [0.2, 0.25) is 0 Å². The Hall–Kier alpha value is -2.46. The van der Waals surface area contributed by atoms with Gasteiger partial charge >= 0.3 is 0 Å². The number of nitrogens with one attached hydrogen (secondary N) is 1. The fourth-order valence-corrected chi connectivity index (χ4v) is 2.81. The topological polar surface area (TPSA) is 42.0 Å². The summed E-state index contributed by atoms with van der Waals surface area (Å²) in [5.41, 5.74) is 3.76. The summed E-state index contributed by atoms with van der Waals surface area (Å²) in [7, 11) is 0. The fraction of sp³-hybridized carbons (Fsp3) is 0.111. The van der Waals surface area contributed by atoms with Gasteiger partial charge in [0.15, 0.2) is 0 Å². The third-order valence-electron chi connectivity index (χ3n) is 3.37. The molecule has 0 aliphatic carbocycles. The smallest absolute Gasteiger partial charge is 0.251 e. The van der Waals surface area contributed by atoms with Crippen LogP contribution in [0, 0.1) is 6.92 Å². The molecule has 0 fully saturated rings. The molecule has 3 aromatic rings. The van der Waals surface area contributed by atoms with Gasteiger partial charge in [-0.05, 0) is 36.1 Å². The van der Waals surface area contributed by atoms with Crippen LogP contribution in [0.3, 0.4) is 0 Å². The van der Waals surface area contributed by atoms with Crippen LogP contribution in [-0.4, -0.2) is 10.9 Å². The molecule has 4 heteroatoms. The second-order valence-corrected chi connectivity index (χ2v) is 6.02. The Kier molecular flexibility index (Phi) is 4.30. The standard InChI is InChI=1S/C18H16N2OS/c1-13-4-6-14(7-5-13)12-20-18(21)15-8-9-19-16(11-15)17-3-2-10-22-17/h2-11H,12H2,1H3,(H,20,21). The van der Waals surface area contributed by atoms with Gasteiger partial charge in [0.1, 0.15) is 0 Å². The maximum absolute atomic E-state index is 12.3. The highest BCUT2D eigenvalue weighted by Crippen LogP contribution is 2.23. The van der Waals surface area contributed by atoms with Crippen molar-refractivity contribution >= 4 is 17.2 Å². The van der Waals surface area contributed by atoms with E-state index in [4.69, 9.17) is 0 Å². The number of pyridine rings is 1. The van der Waals surface area contributed by atoms with Crippen LogP contribution in [-0.2, 0) is 6.54 Å². The van der Waals surface area contributed by atoms with Gasteiger partial charge in [-0.2, -0.15) is 0 Å². The van der Waals surface area contributed by atoms with E-state index in [-0.39, 0.29) is 5.91 Å². The monoisotopic (exact) mass is 308 g/mol. The quantitative estimate of drug-likeness (QED) is 0.790. The average Bonchev–Trinajstić information content (AvgIpc) is 3.09. The van der Waals surface area contributed by atoms with Crippen molar-refractivity contribution in [2.45, 2.75) is 13.5 Å². The highest BCUT2D eigenvalue weighted by atomic mass is 32.1. The molecule has 1 N–H and O–H groups in total. The van der Waals surface area contributed by atoms with Crippen molar-refractivity contribution in [2.75, 3.05) is 0 Å². The Morgan fingerprint density at radius 1 is 1.18 bits per heavy atom. The van der Waals surface area contributed by atoms with E-state index < -0.39 is 0 Å². The maximum atomic E-state index is 12.3. The second kappa shape index (κ2) is 6.54. The van der Waals surface area contributed by atoms with E-state index in [0.717, 1.165) is 16.1 Å². The lowest BCUT2D eigenvalue weighted by molar-refractivity contribution is 0.0951. The highest BCUT2D eigenvalue weighted by molar-refractivity contribution is 7.13. The molecule has 1 aromatic carbocycles. The zero-order valence-electron chi connectivity index (χ0n) is 12.2. The van der Waals surface area contributed by atoms with Gasteiger partial charge in [-0.25, -0.2) is 0 Å². The summed E-state index contributed by atoms with van der Waals surface area (Å²) in [6.45, 7) is 2.57. The van der Waals surface area contributed by atoms with E-state index in [9.17, 15) is 4.79 Å². The van der Waals surface area contributed by atoms with Gasteiger partial charge in [0.05, 0.1) is 10.6 Å². The average molecular weight is 308 g/mol. The van der Waals surface area contributed by atoms with E-state index in [1.54, 1.807) is 23.6 Å². The van der Waals surface area contributed by atoms with Gasteiger partial charge in [0, 0.05) is 18.3 Å². The number of carbonyl (C=O) groups excluding carboxylic acids is 1. The predicted octanol–water partition coefficient (Wildman–Crippen LogP) is 4.05. The summed E-state index contributed by atoms with van der Waals surface area (Å²) < 4.78 is 0. The molecule has 0 bridgehead atoms. The molecule has 2 heterocycles. The van der Waals surface area contributed by atoms with E-state index in [2.05, 4.69) is 10.3 Å². The van der Waals surface area contributed by atoms with Gasteiger partial charge < -0.3 is 5.32 Å². The first-order valence-electron chi connectivity index (χ1n) is 7.06. The van der Waals surface area contributed by atoms with E-state index in [1.807, 2.05) is 54.8 Å². The molecule has 3 nitrogen and oxygen atoms in total. The van der Waals surface area contributed by atoms with Crippen LogP contribution in [0.5, 0.6) is 0 Å². The van der Waals surface area contributed by atoms with Crippen molar-refractivity contribution in [2.24, 2.45) is 0 Å². The molecular formula is C18H16N2OS.